The molecule has 0 aliphatic heterocycles. The van der Waals surface area contributed by atoms with Gasteiger partial charge in [-0.25, -0.2) is 4.68 Å². The number of hydrogen-bond acceptors (Lipinski definition) is 5. The maximum Gasteiger partial charge on any atom is 0.263 e. The first-order chi connectivity index (χ1) is 11.7. The number of carbonyl (C=O) groups excluding carboxylic acids is 2. The number of benzene rings is 2. The van der Waals surface area contributed by atoms with Crippen LogP contribution in [0.2, 0.25) is 0 Å². The molecule has 0 aliphatic rings. The number of fused-ring (bicyclic) bond motifs is 1. The van der Waals surface area contributed by atoms with Gasteiger partial charge in [0, 0.05) is 5.56 Å². The molecule has 122 valence electrons. The Balaban J connectivity index is 1.72. The number of nitrogens with zero attached hydrogens (tertiary/aromatic N) is 3. The van der Waals surface area contributed by atoms with E-state index >= 15 is 0 Å². The molecule has 3 aromatic rings. The number of amides is 2. The van der Waals surface area contributed by atoms with Crippen molar-refractivity contribution in [1.29, 1.82) is 0 Å². The number of rotatable bonds is 5. The number of aliphatic hydroxyl groups is 1. The third-order valence-corrected chi connectivity index (χ3v) is 3.47. The van der Waals surface area contributed by atoms with Crippen molar-refractivity contribution in [3.63, 3.8) is 0 Å². The van der Waals surface area contributed by atoms with Crippen molar-refractivity contribution in [3.8, 4) is 0 Å². The lowest BCUT2D eigenvalue weighted by molar-refractivity contribution is -0.119. The number of aliphatic hydroxyl groups excluding tert-OH is 1. The molecule has 2 amide bonds. The van der Waals surface area contributed by atoms with Crippen molar-refractivity contribution in [3.05, 3.63) is 60.7 Å². The average molecular weight is 325 g/mol. The van der Waals surface area contributed by atoms with E-state index in [9.17, 15) is 14.7 Å². The molecule has 0 saturated heterocycles. The van der Waals surface area contributed by atoms with Gasteiger partial charge < -0.3 is 10.4 Å². The molecule has 0 fully saturated rings. The molecule has 24 heavy (non-hydrogen) atoms. The average Bonchev–Trinajstić information content (AvgIpc) is 3.11. The summed E-state index contributed by atoms with van der Waals surface area (Å²) in [4.78, 5) is 24.4. The molecular formula is C16H15N5O3. The largest absolute Gasteiger partial charge is 0.394 e. The van der Waals surface area contributed by atoms with Gasteiger partial charge in [-0.1, -0.05) is 30.3 Å². The standard InChI is InChI=1S/C16H15N5O3/c22-8-14(16(24)20-21-9-17-18-10-21)19-15(23)13-6-5-11-3-1-2-4-12(11)7-13/h1-7,9-10,14,22H,8H2,(H,19,23)(H,20,24)/t14-/m0/s1. The summed E-state index contributed by atoms with van der Waals surface area (Å²) in [5, 5.41) is 20.9. The SMILES string of the molecule is O=C(N[C@@H](CO)C(=O)Nn1cnnc1)c1ccc2ccccc2c1. The Morgan fingerprint density at radius 2 is 1.79 bits per heavy atom. The van der Waals surface area contributed by atoms with Crippen molar-refractivity contribution < 1.29 is 14.7 Å². The molecule has 0 bridgehead atoms. The monoisotopic (exact) mass is 325 g/mol. The third-order valence-electron chi connectivity index (χ3n) is 3.47. The van der Waals surface area contributed by atoms with E-state index in [2.05, 4.69) is 20.9 Å². The van der Waals surface area contributed by atoms with Gasteiger partial charge in [0.15, 0.2) is 0 Å². The molecule has 1 heterocycles. The van der Waals surface area contributed by atoms with Crippen LogP contribution in [0.3, 0.4) is 0 Å². The summed E-state index contributed by atoms with van der Waals surface area (Å²) in [6, 6.07) is 11.8. The van der Waals surface area contributed by atoms with Crippen LogP contribution < -0.4 is 10.7 Å². The Bertz CT molecular complexity index is 863. The zero-order valence-electron chi connectivity index (χ0n) is 12.6. The highest BCUT2D eigenvalue weighted by Crippen LogP contribution is 2.15. The Morgan fingerprint density at radius 3 is 2.50 bits per heavy atom. The molecule has 0 unspecified atom stereocenters. The van der Waals surface area contributed by atoms with Gasteiger partial charge in [0.2, 0.25) is 0 Å². The van der Waals surface area contributed by atoms with Crippen LogP contribution in [-0.4, -0.2) is 44.4 Å². The summed E-state index contributed by atoms with van der Waals surface area (Å²) in [7, 11) is 0. The van der Waals surface area contributed by atoms with Crippen LogP contribution in [0.4, 0.5) is 0 Å². The molecule has 0 aliphatic carbocycles. The first kappa shape index (κ1) is 15.6. The van der Waals surface area contributed by atoms with Gasteiger partial charge in [-0.05, 0) is 22.9 Å². The molecule has 0 spiro atoms. The first-order valence-corrected chi connectivity index (χ1v) is 7.23. The highest BCUT2D eigenvalue weighted by molar-refractivity contribution is 6.01. The minimum Gasteiger partial charge on any atom is -0.394 e. The second kappa shape index (κ2) is 6.88. The highest BCUT2D eigenvalue weighted by Gasteiger charge is 2.21. The molecule has 1 aromatic heterocycles. The number of nitrogens with one attached hydrogen (secondary N) is 2. The third kappa shape index (κ3) is 3.39. The van der Waals surface area contributed by atoms with Gasteiger partial charge in [0.1, 0.15) is 18.7 Å². The van der Waals surface area contributed by atoms with Gasteiger partial charge in [-0.2, -0.15) is 0 Å². The Kier molecular flexibility index (Phi) is 4.48. The fraction of sp³-hybridized carbons (Fsp3) is 0.125. The van der Waals surface area contributed by atoms with Crippen LogP contribution in [0.1, 0.15) is 10.4 Å². The quantitative estimate of drug-likeness (QED) is 0.625. The topological polar surface area (TPSA) is 109 Å². The lowest BCUT2D eigenvalue weighted by atomic mass is 10.1. The van der Waals surface area contributed by atoms with Gasteiger partial charge >= 0.3 is 0 Å². The van der Waals surface area contributed by atoms with Crippen molar-refractivity contribution in [2.75, 3.05) is 12.0 Å². The zero-order chi connectivity index (χ0) is 16.9. The van der Waals surface area contributed by atoms with E-state index in [1.807, 2.05) is 30.3 Å². The molecule has 0 saturated carbocycles. The predicted octanol–water partition coefficient (Wildman–Crippen LogP) is 0.292. The van der Waals surface area contributed by atoms with Crippen LogP contribution in [-0.2, 0) is 4.79 Å². The summed E-state index contributed by atoms with van der Waals surface area (Å²) in [6.45, 7) is -0.534. The lowest BCUT2D eigenvalue weighted by Gasteiger charge is -2.16. The summed E-state index contributed by atoms with van der Waals surface area (Å²) >= 11 is 0. The van der Waals surface area contributed by atoms with Crippen molar-refractivity contribution in [1.82, 2.24) is 20.2 Å². The number of carbonyl (C=O) groups is 2. The number of hydrogen-bond donors (Lipinski definition) is 3. The maximum absolute atomic E-state index is 12.3. The second-order valence-corrected chi connectivity index (χ2v) is 5.12. The minimum absolute atomic E-state index is 0.407. The van der Waals surface area contributed by atoms with E-state index in [1.54, 1.807) is 12.1 Å². The van der Waals surface area contributed by atoms with Crippen LogP contribution in [0.15, 0.2) is 55.1 Å². The van der Waals surface area contributed by atoms with Crippen molar-refractivity contribution in [2.45, 2.75) is 6.04 Å². The summed E-state index contributed by atoms with van der Waals surface area (Å²) in [6.07, 6.45) is 2.58. The minimum atomic E-state index is -1.09. The lowest BCUT2D eigenvalue weighted by Crippen LogP contribution is -2.47. The summed E-state index contributed by atoms with van der Waals surface area (Å²) < 4.78 is 1.23. The Morgan fingerprint density at radius 1 is 1.08 bits per heavy atom. The molecule has 3 N–H and O–H groups in total. The van der Waals surface area contributed by atoms with Crippen molar-refractivity contribution in [2.24, 2.45) is 0 Å². The van der Waals surface area contributed by atoms with E-state index < -0.39 is 24.5 Å². The Hall–Kier alpha value is -3.26. The van der Waals surface area contributed by atoms with E-state index in [-0.39, 0.29) is 0 Å². The van der Waals surface area contributed by atoms with E-state index in [4.69, 9.17) is 0 Å². The molecule has 3 rings (SSSR count). The molecule has 0 radical (unpaired) electrons. The van der Waals surface area contributed by atoms with Gasteiger partial charge in [-0.15, -0.1) is 10.2 Å². The predicted molar refractivity (Wildman–Crippen MR) is 86.7 cm³/mol. The smallest absolute Gasteiger partial charge is 0.263 e. The maximum atomic E-state index is 12.3. The molecule has 2 aromatic carbocycles. The fourth-order valence-corrected chi connectivity index (χ4v) is 2.23. The van der Waals surface area contributed by atoms with Gasteiger partial charge in [0.25, 0.3) is 11.8 Å². The molecule has 1 atom stereocenters. The van der Waals surface area contributed by atoms with Crippen LogP contribution in [0.25, 0.3) is 10.8 Å². The zero-order valence-corrected chi connectivity index (χ0v) is 12.6. The fourth-order valence-electron chi connectivity index (χ4n) is 2.23. The Labute approximate surface area is 137 Å². The van der Waals surface area contributed by atoms with E-state index in [1.165, 1.54) is 17.3 Å². The van der Waals surface area contributed by atoms with E-state index in [0.29, 0.717) is 5.56 Å². The second-order valence-electron chi connectivity index (χ2n) is 5.12. The van der Waals surface area contributed by atoms with Gasteiger partial charge in [-0.3, -0.25) is 15.0 Å². The summed E-state index contributed by atoms with van der Waals surface area (Å²) in [5.74, 6) is -1.02. The first-order valence-electron chi connectivity index (χ1n) is 7.23. The molecule has 8 nitrogen and oxygen atoms in total. The number of aromatic nitrogens is 3. The van der Waals surface area contributed by atoms with E-state index in [0.717, 1.165) is 10.8 Å². The normalized spacial score (nSPS) is 11.9. The van der Waals surface area contributed by atoms with Crippen LogP contribution >= 0.6 is 0 Å². The van der Waals surface area contributed by atoms with Crippen LogP contribution in [0, 0.1) is 0 Å². The highest BCUT2D eigenvalue weighted by atomic mass is 16.3. The molecule has 8 heteroatoms. The summed E-state index contributed by atoms with van der Waals surface area (Å²) in [5.41, 5.74) is 2.84. The van der Waals surface area contributed by atoms with Gasteiger partial charge in [0.05, 0.1) is 6.61 Å². The van der Waals surface area contributed by atoms with Crippen molar-refractivity contribution >= 4 is 22.6 Å². The molecular weight excluding hydrogens is 310 g/mol. The van der Waals surface area contributed by atoms with Crippen LogP contribution in [0.5, 0.6) is 0 Å².